The summed E-state index contributed by atoms with van der Waals surface area (Å²) in [5.74, 6) is 0. The van der Waals surface area contributed by atoms with Gasteiger partial charge in [0.1, 0.15) is 0 Å². The lowest BCUT2D eigenvalue weighted by atomic mass is 9.62. The molecular formula is C20H30ClN3O. The van der Waals surface area contributed by atoms with Crippen LogP contribution >= 0.6 is 11.6 Å². The van der Waals surface area contributed by atoms with Crippen LogP contribution in [-0.2, 0) is 0 Å². The summed E-state index contributed by atoms with van der Waals surface area (Å²) in [5.41, 5.74) is 1.65. The van der Waals surface area contributed by atoms with Crippen LogP contribution in [0, 0.1) is 5.41 Å². The minimum Gasteiger partial charge on any atom is -0.338 e. The summed E-state index contributed by atoms with van der Waals surface area (Å²) in [4.78, 5) is 16.8. The predicted octanol–water partition coefficient (Wildman–Crippen LogP) is 4.31. The molecule has 0 radical (unpaired) electrons. The van der Waals surface area contributed by atoms with Crippen LogP contribution in [0.3, 0.4) is 0 Å². The SMILES string of the molecule is CCCNC(=O)N1CCC2(CC1)CN(C(C)C)C2c1ccc(Cl)cc1. The van der Waals surface area contributed by atoms with Crippen LogP contribution in [0.25, 0.3) is 0 Å². The molecule has 1 N–H and O–H groups in total. The fourth-order valence-corrected chi connectivity index (χ4v) is 4.51. The van der Waals surface area contributed by atoms with Crippen molar-refractivity contribution in [3.8, 4) is 0 Å². The number of amides is 2. The minimum absolute atomic E-state index is 0.0970. The first-order valence-electron chi connectivity index (χ1n) is 9.51. The number of nitrogens with one attached hydrogen (secondary N) is 1. The van der Waals surface area contributed by atoms with Crippen molar-refractivity contribution in [1.82, 2.24) is 15.1 Å². The highest BCUT2D eigenvalue weighted by atomic mass is 35.5. The number of benzene rings is 1. The van der Waals surface area contributed by atoms with Crippen LogP contribution in [0.15, 0.2) is 24.3 Å². The zero-order chi connectivity index (χ0) is 18.0. The van der Waals surface area contributed by atoms with Gasteiger partial charge in [0.2, 0.25) is 0 Å². The van der Waals surface area contributed by atoms with E-state index in [1.165, 1.54) is 5.56 Å². The van der Waals surface area contributed by atoms with Gasteiger partial charge in [0.05, 0.1) is 0 Å². The second kappa shape index (κ2) is 7.55. The van der Waals surface area contributed by atoms with Gasteiger partial charge in [-0.15, -0.1) is 0 Å². The Kier molecular flexibility index (Phi) is 5.59. The van der Waals surface area contributed by atoms with Crippen molar-refractivity contribution in [2.75, 3.05) is 26.2 Å². The fourth-order valence-electron chi connectivity index (χ4n) is 4.38. The van der Waals surface area contributed by atoms with E-state index in [1.807, 2.05) is 17.0 Å². The lowest BCUT2D eigenvalue weighted by Gasteiger charge is -2.62. The maximum atomic E-state index is 12.2. The van der Waals surface area contributed by atoms with Crippen molar-refractivity contribution >= 4 is 17.6 Å². The van der Waals surface area contributed by atoms with Crippen LogP contribution in [0.1, 0.15) is 51.6 Å². The normalized spacial score (nSPS) is 22.9. The number of hydrogen-bond acceptors (Lipinski definition) is 2. The standard InChI is InChI=1S/C20H30ClN3O/c1-4-11-22-19(25)23-12-9-20(10-13-23)14-24(15(2)3)18(20)16-5-7-17(21)8-6-16/h5-8,15,18H,4,9-14H2,1-3H3,(H,22,25). The Morgan fingerprint density at radius 2 is 1.92 bits per heavy atom. The number of urea groups is 1. The first-order chi connectivity index (χ1) is 12.0. The van der Waals surface area contributed by atoms with Gasteiger partial charge in [-0.25, -0.2) is 4.79 Å². The van der Waals surface area contributed by atoms with Gasteiger partial charge in [-0.1, -0.05) is 30.7 Å². The lowest BCUT2D eigenvalue weighted by Crippen LogP contribution is -2.64. The zero-order valence-electron chi connectivity index (χ0n) is 15.6. The number of carbonyl (C=O) groups is 1. The maximum Gasteiger partial charge on any atom is 0.317 e. The van der Waals surface area contributed by atoms with E-state index in [0.29, 0.717) is 17.5 Å². The monoisotopic (exact) mass is 363 g/mol. The molecule has 2 fully saturated rings. The Balaban J connectivity index is 1.71. The maximum absolute atomic E-state index is 12.2. The van der Waals surface area contributed by atoms with Gasteiger partial charge in [0.25, 0.3) is 0 Å². The third kappa shape index (κ3) is 3.65. The molecule has 1 unspecified atom stereocenters. The van der Waals surface area contributed by atoms with Crippen molar-refractivity contribution in [1.29, 1.82) is 0 Å². The van der Waals surface area contributed by atoms with Crippen LogP contribution in [0.5, 0.6) is 0 Å². The average molecular weight is 364 g/mol. The van der Waals surface area contributed by atoms with E-state index in [9.17, 15) is 4.79 Å². The fraction of sp³-hybridized carbons (Fsp3) is 0.650. The van der Waals surface area contributed by atoms with Gasteiger partial charge < -0.3 is 10.2 Å². The van der Waals surface area contributed by atoms with Crippen molar-refractivity contribution < 1.29 is 4.79 Å². The van der Waals surface area contributed by atoms with Crippen molar-refractivity contribution in [2.45, 2.75) is 52.1 Å². The molecule has 1 aromatic rings. The van der Waals surface area contributed by atoms with Crippen LogP contribution < -0.4 is 5.32 Å². The number of carbonyl (C=O) groups excluding carboxylic acids is 1. The first kappa shape index (κ1) is 18.5. The van der Waals surface area contributed by atoms with E-state index >= 15 is 0 Å². The van der Waals surface area contributed by atoms with Crippen molar-refractivity contribution in [3.05, 3.63) is 34.9 Å². The number of piperidine rings is 1. The molecule has 2 heterocycles. The van der Waals surface area contributed by atoms with E-state index in [0.717, 1.165) is 50.5 Å². The molecule has 138 valence electrons. The molecular weight excluding hydrogens is 334 g/mol. The smallest absolute Gasteiger partial charge is 0.317 e. The van der Waals surface area contributed by atoms with Gasteiger partial charge >= 0.3 is 6.03 Å². The quantitative estimate of drug-likeness (QED) is 0.865. The topological polar surface area (TPSA) is 35.6 Å². The molecule has 25 heavy (non-hydrogen) atoms. The Hall–Kier alpha value is -1.26. The number of hydrogen-bond donors (Lipinski definition) is 1. The third-order valence-corrected chi connectivity index (χ3v) is 6.08. The highest BCUT2D eigenvalue weighted by molar-refractivity contribution is 6.30. The third-order valence-electron chi connectivity index (χ3n) is 5.83. The second-order valence-corrected chi connectivity index (χ2v) is 8.24. The molecule has 0 aliphatic carbocycles. The van der Waals surface area contributed by atoms with E-state index in [2.05, 4.69) is 43.1 Å². The van der Waals surface area contributed by atoms with Crippen LogP contribution in [-0.4, -0.2) is 48.1 Å². The molecule has 2 saturated heterocycles. The number of halogens is 1. The van der Waals surface area contributed by atoms with Gasteiger partial charge in [0, 0.05) is 48.7 Å². The summed E-state index contributed by atoms with van der Waals surface area (Å²) in [5, 5.41) is 3.79. The largest absolute Gasteiger partial charge is 0.338 e. The van der Waals surface area contributed by atoms with E-state index < -0.39 is 0 Å². The molecule has 0 bridgehead atoms. The molecule has 0 saturated carbocycles. The Morgan fingerprint density at radius 3 is 2.48 bits per heavy atom. The van der Waals surface area contributed by atoms with Gasteiger partial charge in [0.15, 0.2) is 0 Å². The number of likely N-dealkylation sites (tertiary alicyclic amines) is 2. The zero-order valence-corrected chi connectivity index (χ0v) is 16.4. The molecule has 2 aliphatic heterocycles. The summed E-state index contributed by atoms with van der Waals surface area (Å²) in [6.07, 6.45) is 3.12. The minimum atomic E-state index is 0.0970. The second-order valence-electron chi connectivity index (χ2n) is 7.80. The first-order valence-corrected chi connectivity index (χ1v) is 9.88. The summed E-state index contributed by atoms with van der Waals surface area (Å²) < 4.78 is 0. The summed E-state index contributed by atoms with van der Waals surface area (Å²) in [7, 11) is 0. The average Bonchev–Trinajstić information content (AvgIpc) is 2.59. The molecule has 2 amide bonds. The van der Waals surface area contributed by atoms with E-state index in [-0.39, 0.29) is 6.03 Å². The summed E-state index contributed by atoms with van der Waals surface area (Å²) in [6, 6.07) is 9.39. The van der Waals surface area contributed by atoms with E-state index in [1.54, 1.807) is 0 Å². The molecule has 3 rings (SSSR count). The Morgan fingerprint density at radius 1 is 1.28 bits per heavy atom. The van der Waals surface area contributed by atoms with Gasteiger partial charge in [-0.05, 0) is 50.8 Å². The van der Waals surface area contributed by atoms with Crippen LogP contribution in [0.4, 0.5) is 4.79 Å². The van der Waals surface area contributed by atoms with Gasteiger partial charge in [-0.2, -0.15) is 0 Å². The molecule has 2 aliphatic rings. The lowest BCUT2D eigenvalue weighted by molar-refractivity contribution is -0.123. The van der Waals surface area contributed by atoms with Crippen molar-refractivity contribution in [2.24, 2.45) is 5.41 Å². The number of rotatable bonds is 4. The number of nitrogens with zero attached hydrogens (tertiary/aromatic N) is 2. The molecule has 1 spiro atoms. The Labute approximate surface area is 156 Å². The van der Waals surface area contributed by atoms with Crippen molar-refractivity contribution in [3.63, 3.8) is 0 Å². The predicted molar refractivity (Wildman–Crippen MR) is 103 cm³/mol. The highest BCUT2D eigenvalue weighted by Gasteiger charge is 2.54. The summed E-state index contributed by atoms with van der Waals surface area (Å²) in [6.45, 7) is 10.2. The molecule has 1 aromatic carbocycles. The van der Waals surface area contributed by atoms with Crippen LogP contribution in [0.2, 0.25) is 5.02 Å². The molecule has 1 atom stereocenters. The molecule has 5 heteroatoms. The molecule has 4 nitrogen and oxygen atoms in total. The van der Waals surface area contributed by atoms with Gasteiger partial charge in [-0.3, -0.25) is 4.90 Å². The molecule has 0 aromatic heterocycles. The highest BCUT2D eigenvalue weighted by Crippen LogP contribution is 2.55. The summed E-state index contributed by atoms with van der Waals surface area (Å²) >= 11 is 6.08. The van der Waals surface area contributed by atoms with E-state index in [4.69, 9.17) is 11.6 Å². The Bertz CT molecular complexity index is 593.